The third-order valence-electron chi connectivity index (χ3n) is 4.99. The van der Waals surface area contributed by atoms with Gasteiger partial charge in [-0.1, -0.05) is 12.1 Å². The van der Waals surface area contributed by atoms with Crippen molar-refractivity contribution < 1.29 is 17.6 Å². The first-order chi connectivity index (χ1) is 15.9. The fourth-order valence-electron chi connectivity index (χ4n) is 3.26. The van der Waals surface area contributed by atoms with Gasteiger partial charge in [0.15, 0.2) is 4.80 Å². The largest absolute Gasteiger partial charge is 0.494 e. The molecule has 2 heterocycles. The third-order valence-corrected chi connectivity index (χ3v) is 7.69. The first kappa shape index (κ1) is 23.0. The van der Waals surface area contributed by atoms with Crippen molar-refractivity contribution in [3.63, 3.8) is 0 Å². The van der Waals surface area contributed by atoms with Crippen molar-refractivity contribution in [2.24, 2.45) is 4.99 Å². The Morgan fingerprint density at radius 3 is 2.39 bits per heavy atom. The Kier molecular flexibility index (Phi) is 6.83. The number of thiazole rings is 1. The Hall–Kier alpha value is -3.14. The zero-order valence-corrected chi connectivity index (χ0v) is 20.3. The molecule has 7 nitrogen and oxygen atoms in total. The van der Waals surface area contributed by atoms with Crippen LogP contribution < -0.4 is 9.54 Å². The topological polar surface area (TPSA) is 77.0 Å². The molecule has 0 N–H and O–H groups in total. The molecule has 0 spiro atoms. The molecule has 0 amide bonds. The molecule has 0 saturated carbocycles. The van der Waals surface area contributed by atoms with Crippen LogP contribution >= 0.6 is 11.3 Å². The summed E-state index contributed by atoms with van der Waals surface area (Å²) in [5.41, 5.74) is 2.63. The molecule has 4 rings (SSSR count). The summed E-state index contributed by atoms with van der Waals surface area (Å²) in [5, 5.41) is 2.02. The Labute approximate surface area is 197 Å². The van der Waals surface area contributed by atoms with E-state index in [1.54, 1.807) is 18.4 Å². The van der Waals surface area contributed by atoms with Gasteiger partial charge >= 0.3 is 0 Å². The van der Waals surface area contributed by atoms with Crippen LogP contribution in [0.5, 0.6) is 5.75 Å². The zero-order valence-electron chi connectivity index (χ0n) is 18.6. The van der Waals surface area contributed by atoms with E-state index in [-0.39, 0.29) is 4.90 Å². The van der Waals surface area contributed by atoms with Crippen molar-refractivity contribution in [2.75, 3.05) is 20.7 Å². The number of nitrogens with zero attached hydrogens (tertiary/aromatic N) is 3. The summed E-state index contributed by atoms with van der Waals surface area (Å²) >= 11 is 1.51. The minimum atomic E-state index is -3.48. The van der Waals surface area contributed by atoms with Crippen molar-refractivity contribution in [3.05, 3.63) is 82.9 Å². The number of hydrogen-bond donors (Lipinski definition) is 0. The number of furan rings is 1. The highest BCUT2D eigenvalue weighted by atomic mass is 32.2. The SMILES string of the molecule is CCOc1ccc(N=c2scc(-c3ccc(S(=O)(=O)N(C)C)cc3)n2Cc2ccco2)cc1. The van der Waals surface area contributed by atoms with Crippen LogP contribution in [0.25, 0.3) is 11.3 Å². The van der Waals surface area contributed by atoms with E-state index in [2.05, 4.69) is 4.57 Å². The van der Waals surface area contributed by atoms with Crippen LogP contribution in [0, 0.1) is 0 Å². The van der Waals surface area contributed by atoms with Crippen LogP contribution in [0.4, 0.5) is 5.69 Å². The number of benzene rings is 2. The number of rotatable bonds is 8. The van der Waals surface area contributed by atoms with Gasteiger partial charge in [0, 0.05) is 19.5 Å². The summed E-state index contributed by atoms with van der Waals surface area (Å²) in [5.74, 6) is 1.61. The molecule has 2 aromatic heterocycles. The summed E-state index contributed by atoms with van der Waals surface area (Å²) in [6.45, 7) is 3.06. The van der Waals surface area contributed by atoms with E-state index in [4.69, 9.17) is 14.1 Å². The molecule has 9 heteroatoms. The molecule has 33 heavy (non-hydrogen) atoms. The summed E-state index contributed by atoms with van der Waals surface area (Å²) in [4.78, 5) is 5.89. The minimum Gasteiger partial charge on any atom is -0.494 e. The van der Waals surface area contributed by atoms with E-state index in [0.717, 1.165) is 33.3 Å². The lowest BCUT2D eigenvalue weighted by atomic mass is 10.2. The molecule has 0 aliphatic rings. The van der Waals surface area contributed by atoms with E-state index in [9.17, 15) is 8.42 Å². The van der Waals surface area contributed by atoms with Gasteiger partial charge in [0.1, 0.15) is 11.5 Å². The second-order valence-corrected chi connectivity index (χ2v) is 10.4. The van der Waals surface area contributed by atoms with Gasteiger partial charge in [-0.25, -0.2) is 17.7 Å². The molecule has 0 saturated heterocycles. The van der Waals surface area contributed by atoms with Gasteiger partial charge in [0.05, 0.1) is 35.7 Å². The van der Waals surface area contributed by atoms with Crippen molar-refractivity contribution >= 4 is 27.0 Å². The van der Waals surface area contributed by atoms with Gasteiger partial charge in [-0.2, -0.15) is 0 Å². The molecule has 0 aliphatic heterocycles. The third kappa shape index (κ3) is 5.11. The summed E-state index contributed by atoms with van der Waals surface area (Å²) < 4.78 is 39.2. The predicted molar refractivity (Wildman–Crippen MR) is 129 cm³/mol. The molecule has 4 aromatic rings. The average molecular weight is 484 g/mol. The Balaban J connectivity index is 1.75. The first-order valence-corrected chi connectivity index (χ1v) is 12.7. The second kappa shape index (κ2) is 9.78. The van der Waals surface area contributed by atoms with Gasteiger partial charge in [-0.15, -0.1) is 11.3 Å². The van der Waals surface area contributed by atoms with Crippen molar-refractivity contribution in [3.8, 4) is 17.0 Å². The van der Waals surface area contributed by atoms with Crippen molar-refractivity contribution in [1.29, 1.82) is 0 Å². The quantitative estimate of drug-likeness (QED) is 0.363. The molecular weight excluding hydrogens is 458 g/mol. The Morgan fingerprint density at radius 2 is 1.79 bits per heavy atom. The molecule has 0 radical (unpaired) electrons. The Bertz CT molecular complexity index is 1370. The predicted octanol–water partition coefficient (Wildman–Crippen LogP) is 4.74. The first-order valence-electron chi connectivity index (χ1n) is 10.4. The highest BCUT2D eigenvalue weighted by molar-refractivity contribution is 7.89. The summed E-state index contributed by atoms with van der Waals surface area (Å²) in [6, 6.07) is 18.3. The van der Waals surface area contributed by atoms with E-state index in [1.807, 2.05) is 60.8 Å². The maximum atomic E-state index is 12.4. The van der Waals surface area contributed by atoms with Gasteiger partial charge in [0.25, 0.3) is 0 Å². The average Bonchev–Trinajstić information content (AvgIpc) is 3.46. The van der Waals surface area contributed by atoms with Gasteiger partial charge in [-0.3, -0.25) is 0 Å². The molecule has 0 aliphatic carbocycles. The minimum absolute atomic E-state index is 0.253. The fraction of sp³-hybridized carbons (Fsp3) is 0.208. The lowest BCUT2D eigenvalue weighted by molar-refractivity contribution is 0.340. The Morgan fingerprint density at radius 1 is 1.06 bits per heavy atom. The van der Waals surface area contributed by atoms with E-state index >= 15 is 0 Å². The fourth-order valence-corrected chi connectivity index (χ4v) is 5.09. The van der Waals surface area contributed by atoms with E-state index in [0.29, 0.717) is 13.2 Å². The van der Waals surface area contributed by atoms with Crippen LogP contribution in [0.3, 0.4) is 0 Å². The molecule has 0 bridgehead atoms. The molecule has 0 atom stereocenters. The van der Waals surface area contributed by atoms with Crippen LogP contribution in [-0.2, 0) is 16.6 Å². The van der Waals surface area contributed by atoms with E-state index < -0.39 is 10.0 Å². The second-order valence-electron chi connectivity index (χ2n) is 7.42. The van der Waals surface area contributed by atoms with Crippen LogP contribution in [0.15, 0.2) is 86.6 Å². The molecule has 0 unspecified atom stereocenters. The van der Waals surface area contributed by atoms with Crippen LogP contribution in [0.1, 0.15) is 12.7 Å². The molecule has 172 valence electrons. The van der Waals surface area contributed by atoms with Crippen LogP contribution in [-0.4, -0.2) is 38.0 Å². The number of hydrogen-bond acceptors (Lipinski definition) is 6. The summed E-state index contributed by atoms with van der Waals surface area (Å²) in [7, 11) is -0.441. The van der Waals surface area contributed by atoms with Crippen molar-refractivity contribution in [2.45, 2.75) is 18.4 Å². The van der Waals surface area contributed by atoms with Gasteiger partial charge in [-0.05, 0) is 61.0 Å². The maximum Gasteiger partial charge on any atom is 0.242 e. The molecule has 2 aromatic carbocycles. The summed E-state index contributed by atoms with van der Waals surface area (Å²) in [6.07, 6.45) is 1.64. The highest BCUT2D eigenvalue weighted by Gasteiger charge is 2.18. The lowest BCUT2D eigenvalue weighted by Crippen LogP contribution is -2.22. The highest BCUT2D eigenvalue weighted by Crippen LogP contribution is 2.25. The molecule has 0 fully saturated rings. The standard InChI is InChI=1S/C24H25N3O4S2/c1-4-30-20-11-9-19(10-12-20)25-24-27(16-21-6-5-15-31-21)23(17-32-24)18-7-13-22(14-8-18)33(28,29)26(2)3/h5-15,17H,4,16H2,1-3H3. The van der Waals surface area contributed by atoms with Gasteiger partial charge < -0.3 is 13.7 Å². The number of ether oxygens (including phenoxy) is 1. The molecular formula is C24H25N3O4S2. The monoisotopic (exact) mass is 483 g/mol. The lowest BCUT2D eigenvalue weighted by Gasteiger charge is -2.12. The van der Waals surface area contributed by atoms with Crippen LogP contribution in [0.2, 0.25) is 0 Å². The number of aromatic nitrogens is 1. The van der Waals surface area contributed by atoms with Crippen molar-refractivity contribution in [1.82, 2.24) is 8.87 Å². The van der Waals surface area contributed by atoms with E-state index in [1.165, 1.54) is 29.7 Å². The maximum absolute atomic E-state index is 12.4. The zero-order chi connectivity index (χ0) is 23.4. The van der Waals surface area contributed by atoms with Gasteiger partial charge in [0.2, 0.25) is 10.0 Å². The normalized spacial score (nSPS) is 12.4. The smallest absolute Gasteiger partial charge is 0.242 e. The number of sulfonamides is 1.